The summed E-state index contributed by atoms with van der Waals surface area (Å²) in [5, 5.41) is 10.9. The summed E-state index contributed by atoms with van der Waals surface area (Å²) in [4.78, 5) is 14.6. The van der Waals surface area contributed by atoms with Crippen molar-refractivity contribution in [3.05, 3.63) is 29.8 Å². The number of hydrogen-bond donors (Lipinski definition) is 1. The second kappa shape index (κ2) is 6.75. The van der Waals surface area contributed by atoms with Gasteiger partial charge in [0.1, 0.15) is 5.75 Å². The minimum absolute atomic E-state index is 0.0652. The van der Waals surface area contributed by atoms with Crippen molar-refractivity contribution in [1.29, 1.82) is 0 Å². The molecule has 1 amide bonds. The number of amides is 1. The monoisotopic (exact) mass is 331 g/mol. The molecule has 1 aliphatic carbocycles. The van der Waals surface area contributed by atoms with E-state index >= 15 is 0 Å². The van der Waals surface area contributed by atoms with Crippen molar-refractivity contribution >= 4 is 5.91 Å². The van der Waals surface area contributed by atoms with E-state index < -0.39 is 5.60 Å². The third-order valence-corrected chi connectivity index (χ3v) is 6.23. The normalized spacial score (nSPS) is 25.4. The zero-order chi connectivity index (χ0) is 17.2. The molecule has 0 radical (unpaired) electrons. The number of likely N-dealkylation sites (tertiary alicyclic amines) is 1. The molecule has 1 saturated heterocycles. The highest BCUT2D eigenvalue weighted by Crippen LogP contribution is 2.58. The van der Waals surface area contributed by atoms with Gasteiger partial charge < -0.3 is 14.7 Å². The third-order valence-electron chi connectivity index (χ3n) is 6.23. The number of aliphatic hydroxyl groups is 1. The molecule has 0 bridgehead atoms. The van der Waals surface area contributed by atoms with Gasteiger partial charge in [-0.1, -0.05) is 25.5 Å². The van der Waals surface area contributed by atoms with Crippen molar-refractivity contribution in [2.75, 3.05) is 20.2 Å². The molecule has 1 heterocycles. The van der Waals surface area contributed by atoms with Crippen molar-refractivity contribution in [3.8, 4) is 5.75 Å². The highest BCUT2D eigenvalue weighted by Gasteiger charge is 2.57. The number of carbonyl (C=O) groups is 1. The SMILES string of the molecule is CCCC1(O)CCC12CCN(C(=O)Cc1cccc(OC)c1)CC2. The van der Waals surface area contributed by atoms with Crippen LogP contribution >= 0.6 is 0 Å². The summed E-state index contributed by atoms with van der Waals surface area (Å²) >= 11 is 0. The Bertz CT molecular complexity index is 592. The lowest BCUT2D eigenvalue weighted by molar-refractivity contribution is -0.194. The van der Waals surface area contributed by atoms with E-state index in [9.17, 15) is 9.90 Å². The summed E-state index contributed by atoms with van der Waals surface area (Å²) in [6, 6.07) is 7.71. The summed E-state index contributed by atoms with van der Waals surface area (Å²) in [5.74, 6) is 0.966. The van der Waals surface area contributed by atoms with Crippen LogP contribution in [0.3, 0.4) is 0 Å². The van der Waals surface area contributed by atoms with Gasteiger partial charge in [0.25, 0.3) is 0 Å². The van der Waals surface area contributed by atoms with Crippen LogP contribution in [0.5, 0.6) is 5.75 Å². The molecule has 2 aliphatic rings. The summed E-state index contributed by atoms with van der Waals surface area (Å²) in [6.45, 7) is 3.68. The molecule has 132 valence electrons. The molecule has 24 heavy (non-hydrogen) atoms. The molecule has 4 heteroatoms. The molecule has 1 atom stereocenters. The van der Waals surface area contributed by atoms with Gasteiger partial charge in [-0.2, -0.15) is 0 Å². The first-order chi connectivity index (χ1) is 11.5. The summed E-state index contributed by atoms with van der Waals surface area (Å²) < 4.78 is 5.22. The van der Waals surface area contributed by atoms with Crippen LogP contribution in [0, 0.1) is 5.41 Å². The number of methoxy groups -OCH3 is 1. The quantitative estimate of drug-likeness (QED) is 0.901. The Balaban J connectivity index is 1.57. The Kier molecular flexibility index (Phi) is 4.86. The summed E-state index contributed by atoms with van der Waals surface area (Å²) in [6.07, 6.45) is 6.26. The molecule has 1 spiro atoms. The maximum Gasteiger partial charge on any atom is 0.226 e. The Morgan fingerprint density at radius 3 is 2.58 bits per heavy atom. The second-order valence-electron chi connectivity index (χ2n) is 7.47. The Morgan fingerprint density at radius 2 is 2.00 bits per heavy atom. The van der Waals surface area contributed by atoms with Crippen LogP contribution in [0.25, 0.3) is 0 Å². The van der Waals surface area contributed by atoms with E-state index in [-0.39, 0.29) is 11.3 Å². The number of nitrogens with zero attached hydrogens (tertiary/aromatic N) is 1. The molecular weight excluding hydrogens is 302 g/mol. The number of hydrogen-bond acceptors (Lipinski definition) is 3. The van der Waals surface area contributed by atoms with E-state index in [0.29, 0.717) is 6.42 Å². The molecular formula is C20H29NO3. The summed E-state index contributed by atoms with van der Waals surface area (Å²) in [7, 11) is 1.64. The van der Waals surface area contributed by atoms with Crippen LogP contribution in [0.15, 0.2) is 24.3 Å². The lowest BCUT2D eigenvalue weighted by Crippen LogP contribution is -2.61. The van der Waals surface area contributed by atoms with Gasteiger partial charge in [-0.15, -0.1) is 0 Å². The van der Waals surface area contributed by atoms with Crippen molar-refractivity contribution in [2.45, 2.75) is 57.5 Å². The lowest BCUT2D eigenvalue weighted by atomic mass is 9.51. The predicted octanol–water partition coefficient (Wildman–Crippen LogP) is 3.17. The van der Waals surface area contributed by atoms with Gasteiger partial charge in [-0.3, -0.25) is 4.79 Å². The Hall–Kier alpha value is -1.55. The van der Waals surface area contributed by atoms with E-state index in [4.69, 9.17) is 4.74 Å². The molecule has 0 aromatic heterocycles. The largest absolute Gasteiger partial charge is 0.497 e. The molecule has 1 unspecified atom stereocenters. The van der Waals surface area contributed by atoms with Gasteiger partial charge in [0, 0.05) is 18.5 Å². The maximum absolute atomic E-state index is 12.6. The van der Waals surface area contributed by atoms with E-state index in [1.807, 2.05) is 29.2 Å². The van der Waals surface area contributed by atoms with Gasteiger partial charge in [0.05, 0.1) is 19.1 Å². The van der Waals surface area contributed by atoms with Crippen LogP contribution in [-0.2, 0) is 11.2 Å². The number of ether oxygens (including phenoxy) is 1. The minimum atomic E-state index is -0.482. The zero-order valence-electron chi connectivity index (χ0n) is 14.9. The van der Waals surface area contributed by atoms with Crippen molar-refractivity contribution in [3.63, 3.8) is 0 Å². The van der Waals surface area contributed by atoms with Crippen LogP contribution in [0.1, 0.15) is 51.0 Å². The Labute approximate surface area is 144 Å². The van der Waals surface area contributed by atoms with Gasteiger partial charge in [0.2, 0.25) is 5.91 Å². The van der Waals surface area contributed by atoms with E-state index in [2.05, 4.69) is 6.92 Å². The van der Waals surface area contributed by atoms with Crippen molar-refractivity contribution in [2.24, 2.45) is 5.41 Å². The van der Waals surface area contributed by atoms with Gasteiger partial charge in [-0.05, 0) is 49.8 Å². The first-order valence-corrected chi connectivity index (χ1v) is 9.15. The smallest absolute Gasteiger partial charge is 0.226 e. The number of benzene rings is 1. The van der Waals surface area contributed by atoms with Crippen LogP contribution in [0.4, 0.5) is 0 Å². The minimum Gasteiger partial charge on any atom is -0.497 e. The maximum atomic E-state index is 12.6. The van der Waals surface area contributed by atoms with Crippen molar-refractivity contribution in [1.82, 2.24) is 4.90 Å². The van der Waals surface area contributed by atoms with Crippen molar-refractivity contribution < 1.29 is 14.6 Å². The molecule has 1 aliphatic heterocycles. The van der Waals surface area contributed by atoms with Crippen LogP contribution in [-0.4, -0.2) is 41.7 Å². The first kappa shape index (κ1) is 17.3. The number of piperidine rings is 1. The van der Waals surface area contributed by atoms with Gasteiger partial charge >= 0.3 is 0 Å². The number of carbonyl (C=O) groups excluding carboxylic acids is 1. The van der Waals surface area contributed by atoms with E-state index in [1.54, 1.807) is 7.11 Å². The highest BCUT2D eigenvalue weighted by molar-refractivity contribution is 5.79. The zero-order valence-corrected chi connectivity index (χ0v) is 14.9. The summed E-state index contributed by atoms with van der Waals surface area (Å²) in [5.41, 5.74) is 0.574. The number of rotatable bonds is 5. The average molecular weight is 331 g/mol. The topological polar surface area (TPSA) is 49.8 Å². The third kappa shape index (κ3) is 3.04. The lowest BCUT2D eigenvalue weighted by Gasteiger charge is -2.59. The molecule has 1 aromatic carbocycles. The predicted molar refractivity (Wildman–Crippen MR) is 94.0 cm³/mol. The van der Waals surface area contributed by atoms with Crippen LogP contribution in [0.2, 0.25) is 0 Å². The molecule has 1 saturated carbocycles. The highest BCUT2D eigenvalue weighted by atomic mass is 16.5. The molecule has 1 aromatic rings. The molecule has 3 rings (SSSR count). The van der Waals surface area contributed by atoms with Crippen LogP contribution < -0.4 is 4.74 Å². The fourth-order valence-corrected chi connectivity index (χ4v) is 4.54. The molecule has 2 fully saturated rings. The Morgan fingerprint density at radius 1 is 1.25 bits per heavy atom. The standard InChI is InChI=1S/C20H29NO3/c1-3-7-20(23)9-8-19(20)10-12-21(13-11-19)18(22)15-16-5-4-6-17(14-16)24-2/h4-6,14,23H,3,7-13,15H2,1-2H3. The molecule has 1 N–H and O–H groups in total. The van der Waals surface area contributed by atoms with E-state index in [0.717, 1.165) is 62.9 Å². The fourth-order valence-electron chi connectivity index (χ4n) is 4.54. The second-order valence-corrected chi connectivity index (χ2v) is 7.47. The van der Waals surface area contributed by atoms with Gasteiger partial charge in [0.15, 0.2) is 0 Å². The average Bonchev–Trinajstić information content (AvgIpc) is 2.61. The van der Waals surface area contributed by atoms with E-state index in [1.165, 1.54) is 0 Å². The first-order valence-electron chi connectivity index (χ1n) is 9.15. The molecule has 4 nitrogen and oxygen atoms in total. The fraction of sp³-hybridized carbons (Fsp3) is 0.650. The van der Waals surface area contributed by atoms with Gasteiger partial charge in [-0.25, -0.2) is 0 Å².